The molecule has 182 valence electrons. The second kappa shape index (κ2) is 9.40. The highest BCUT2D eigenvalue weighted by Gasteiger charge is 2.33. The summed E-state index contributed by atoms with van der Waals surface area (Å²) < 4.78 is 7.10. The van der Waals surface area contributed by atoms with Crippen LogP contribution in [0.2, 0.25) is 0 Å². The van der Waals surface area contributed by atoms with Gasteiger partial charge in [0, 0.05) is 58.2 Å². The number of nitrogens with zero attached hydrogens (tertiary/aromatic N) is 6. The third-order valence-electron chi connectivity index (χ3n) is 6.74. The van der Waals surface area contributed by atoms with E-state index < -0.39 is 0 Å². The lowest BCUT2D eigenvalue weighted by molar-refractivity contribution is -0.147. The number of hydrogen-bond donors (Lipinski definition) is 0. The number of methoxy groups -OCH3 is 1. The number of hydrogen-bond acceptors (Lipinski definition) is 7. The number of carbonyl (C=O) groups is 4. The van der Waals surface area contributed by atoms with Gasteiger partial charge < -0.3 is 14.5 Å². The van der Waals surface area contributed by atoms with Gasteiger partial charge in [0.2, 0.25) is 29.5 Å². The zero-order chi connectivity index (χ0) is 24.6. The van der Waals surface area contributed by atoms with Crippen molar-refractivity contribution in [3.8, 4) is 5.88 Å². The SMILES string of the molecule is COc1nn(C)c2nc(C)c(CCC(=O)N3CCN(C(=O)CN4C(=O)CCC4=O)CC3)c(C)c12. The fourth-order valence-corrected chi connectivity index (χ4v) is 4.74. The number of piperazine rings is 1. The van der Waals surface area contributed by atoms with Crippen LogP contribution in [0.5, 0.6) is 5.88 Å². The number of rotatable bonds is 6. The molecule has 4 rings (SSSR count). The largest absolute Gasteiger partial charge is 0.479 e. The molecule has 0 aromatic carbocycles. The van der Waals surface area contributed by atoms with Crippen molar-refractivity contribution in [1.29, 1.82) is 0 Å². The number of aromatic nitrogens is 3. The van der Waals surface area contributed by atoms with Gasteiger partial charge in [0.05, 0.1) is 12.5 Å². The third kappa shape index (κ3) is 4.34. The van der Waals surface area contributed by atoms with Crippen LogP contribution in [0.4, 0.5) is 0 Å². The molecule has 34 heavy (non-hydrogen) atoms. The zero-order valence-electron chi connectivity index (χ0n) is 20.1. The van der Waals surface area contributed by atoms with Crippen LogP contribution in [-0.4, -0.2) is 92.9 Å². The van der Waals surface area contributed by atoms with Crippen molar-refractivity contribution in [2.45, 2.75) is 39.5 Å². The highest BCUT2D eigenvalue weighted by atomic mass is 16.5. The van der Waals surface area contributed by atoms with Crippen LogP contribution in [0.3, 0.4) is 0 Å². The van der Waals surface area contributed by atoms with E-state index in [1.807, 2.05) is 20.9 Å². The highest BCUT2D eigenvalue weighted by molar-refractivity contribution is 6.04. The Balaban J connectivity index is 1.34. The van der Waals surface area contributed by atoms with E-state index in [9.17, 15) is 19.2 Å². The second-order valence-corrected chi connectivity index (χ2v) is 8.77. The summed E-state index contributed by atoms with van der Waals surface area (Å²) in [6, 6.07) is 0. The molecular formula is C23H30N6O5. The molecule has 0 N–H and O–H groups in total. The fourth-order valence-electron chi connectivity index (χ4n) is 4.74. The minimum Gasteiger partial charge on any atom is -0.479 e. The molecule has 2 aromatic rings. The number of amides is 4. The van der Waals surface area contributed by atoms with Crippen molar-refractivity contribution in [1.82, 2.24) is 29.5 Å². The van der Waals surface area contributed by atoms with Gasteiger partial charge in [-0.15, -0.1) is 5.10 Å². The van der Waals surface area contributed by atoms with Gasteiger partial charge in [0.1, 0.15) is 6.54 Å². The summed E-state index contributed by atoms with van der Waals surface area (Å²) in [6.07, 6.45) is 1.23. The lowest BCUT2D eigenvalue weighted by Crippen LogP contribution is -2.53. The number of ether oxygens (including phenoxy) is 1. The molecule has 2 aliphatic rings. The second-order valence-electron chi connectivity index (χ2n) is 8.77. The minimum absolute atomic E-state index is 0.0223. The summed E-state index contributed by atoms with van der Waals surface area (Å²) in [6.45, 7) is 5.36. The summed E-state index contributed by atoms with van der Waals surface area (Å²) in [5.41, 5.74) is 3.65. The summed E-state index contributed by atoms with van der Waals surface area (Å²) >= 11 is 0. The van der Waals surface area contributed by atoms with Crippen molar-refractivity contribution < 1.29 is 23.9 Å². The highest BCUT2D eigenvalue weighted by Crippen LogP contribution is 2.30. The molecule has 0 aliphatic carbocycles. The van der Waals surface area contributed by atoms with Crippen LogP contribution >= 0.6 is 0 Å². The van der Waals surface area contributed by atoms with E-state index in [1.165, 1.54) is 0 Å². The lowest BCUT2D eigenvalue weighted by atomic mass is 10.00. The molecule has 2 saturated heterocycles. The number of carbonyl (C=O) groups excluding carboxylic acids is 4. The summed E-state index contributed by atoms with van der Waals surface area (Å²) in [4.78, 5) is 58.0. The average molecular weight is 471 g/mol. The summed E-state index contributed by atoms with van der Waals surface area (Å²) in [5.74, 6) is -0.308. The van der Waals surface area contributed by atoms with Crippen LogP contribution < -0.4 is 4.74 Å². The Kier molecular flexibility index (Phi) is 6.54. The van der Waals surface area contributed by atoms with E-state index in [0.29, 0.717) is 44.9 Å². The van der Waals surface area contributed by atoms with E-state index in [0.717, 1.165) is 32.8 Å². The van der Waals surface area contributed by atoms with Gasteiger partial charge in [-0.2, -0.15) is 0 Å². The first-order valence-corrected chi connectivity index (χ1v) is 11.5. The number of aryl methyl sites for hydroxylation is 3. The topological polar surface area (TPSA) is 118 Å². The normalized spacial score (nSPS) is 16.6. The van der Waals surface area contributed by atoms with Gasteiger partial charge in [-0.3, -0.25) is 24.1 Å². The Hall–Kier alpha value is -3.50. The Labute approximate surface area is 197 Å². The molecular weight excluding hydrogens is 440 g/mol. The smallest absolute Gasteiger partial charge is 0.242 e. The monoisotopic (exact) mass is 470 g/mol. The molecule has 4 heterocycles. The average Bonchev–Trinajstić information content (AvgIpc) is 3.32. The first-order chi connectivity index (χ1) is 16.2. The van der Waals surface area contributed by atoms with Crippen LogP contribution in [0, 0.1) is 13.8 Å². The van der Waals surface area contributed by atoms with Gasteiger partial charge >= 0.3 is 0 Å². The van der Waals surface area contributed by atoms with E-state index in [1.54, 1.807) is 21.6 Å². The maximum absolute atomic E-state index is 12.9. The van der Waals surface area contributed by atoms with Gasteiger partial charge in [0.25, 0.3) is 0 Å². The number of likely N-dealkylation sites (tertiary alicyclic amines) is 1. The predicted molar refractivity (Wildman–Crippen MR) is 122 cm³/mol. The standard InChI is InChI=1S/C23H30N6O5/c1-14-16(15(2)24-22-21(14)23(34-4)25-26(22)3)5-6-17(30)27-9-11-28(12-10-27)20(33)13-29-18(31)7-8-19(29)32/h5-13H2,1-4H3. The molecule has 0 atom stereocenters. The van der Waals surface area contributed by atoms with Crippen molar-refractivity contribution in [3.05, 3.63) is 16.8 Å². The van der Waals surface area contributed by atoms with Gasteiger partial charge in [0.15, 0.2) is 5.65 Å². The Morgan fingerprint density at radius 3 is 2.15 bits per heavy atom. The first-order valence-electron chi connectivity index (χ1n) is 11.5. The van der Waals surface area contributed by atoms with Crippen LogP contribution in [-0.2, 0) is 32.6 Å². The minimum atomic E-state index is -0.297. The molecule has 0 spiro atoms. The lowest BCUT2D eigenvalue weighted by Gasteiger charge is -2.35. The molecule has 0 bridgehead atoms. The first kappa shape index (κ1) is 23.7. The zero-order valence-corrected chi connectivity index (χ0v) is 20.1. The Bertz CT molecular complexity index is 1150. The van der Waals surface area contributed by atoms with E-state index in [2.05, 4.69) is 10.1 Å². The Morgan fingerprint density at radius 1 is 0.971 bits per heavy atom. The van der Waals surface area contributed by atoms with Crippen molar-refractivity contribution >= 4 is 34.7 Å². The number of pyridine rings is 1. The molecule has 4 amide bonds. The molecule has 2 aromatic heterocycles. The maximum atomic E-state index is 12.9. The van der Waals surface area contributed by atoms with Crippen molar-refractivity contribution in [2.24, 2.45) is 7.05 Å². The third-order valence-corrected chi connectivity index (χ3v) is 6.74. The van der Waals surface area contributed by atoms with Crippen LogP contribution in [0.15, 0.2) is 0 Å². The Morgan fingerprint density at radius 2 is 1.56 bits per heavy atom. The van der Waals surface area contributed by atoms with Crippen molar-refractivity contribution in [3.63, 3.8) is 0 Å². The molecule has 0 unspecified atom stereocenters. The number of fused-ring (bicyclic) bond motifs is 1. The molecule has 2 fully saturated rings. The molecule has 0 saturated carbocycles. The van der Waals surface area contributed by atoms with E-state index in [4.69, 9.17) is 4.74 Å². The quantitative estimate of drug-likeness (QED) is 0.559. The maximum Gasteiger partial charge on any atom is 0.242 e. The van der Waals surface area contributed by atoms with Crippen molar-refractivity contribution in [2.75, 3.05) is 39.8 Å². The molecule has 0 radical (unpaired) electrons. The van der Waals surface area contributed by atoms with Gasteiger partial charge in [-0.05, 0) is 31.4 Å². The van der Waals surface area contributed by atoms with E-state index >= 15 is 0 Å². The van der Waals surface area contributed by atoms with Crippen LogP contribution in [0.1, 0.15) is 36.1 Å². The molecule has 2 aliphatic heterocycles. The molecule has 11 heteroatoms. The number of imide groups is 1. The van der Waals surface area contributed by atoms with Crippen LogP contribution in [0.25, 0.3) is 11.0 Å². The summed E-state index contributed by atoms with van der Waals surface area (Å²) in [5, 5.41) is 5.23. The molecule has 11 nitrogen and oxygen atoms in total. The van der Waals surface area contributed by atoms with Gasteiger partial charge in [-0.1, -0.05) is 0 Å². The fraction of sp³-hybridized carbons (Fsp3) is 0.565. The summed E-state index contributed by atoms with van der Waals surface area (Å²) in [7, 11) is 3.40. The van der Waals surface area contributed by atoms with Gasteiger partial charge in [-0.25, -0.2) is 9.67 Å². The predicted octanol–water partition coefficient (Wildman–Crippen LogP) is 0.346. The van der Waals surface area contributed by atoms with E-state index in [-0.39, 0.29) is 43.0 Å².